The Bertz CT molecular complexity index is 1470. The van der Waals surface area contributed by atoms with Gasteiger partial charge in [-0.3, -0.25) is 14.4 Å². The lowest BCUT2D eigenvalue weighted by molar-refractivity contribution is -0.152. The molecule has 6 nitrogen and oxygen atoms in total. The summed E-state index contributed by atoms with van der Waals surface area (Å²) in [4.78, 5) is 51.9. The van der Waals surface area contributed by atoms with Crippen LogP contribution in [0.4, 0.5) is 0 Å². The standard InChI is InChI=1S/C30H25NO5/c1-3-36-29(35)30(31-16(2)32)14-21-8-19-12-25-26(13-20(19)9-22(21)15-30)28(34)24-11-18-7-5-4-6-17(18)10-23(24)27(25)33/h4-11H,3,12-15H2,1-2H3,(H,31,32). The molecular weight excluding hydrogens is 454 g/mol. The lowest BCUT2D eigenvalue weighted by Gasteiger charge is -2.27. The molecule has 3 aliphatic carbocycles. The van der Waals surface area contributed by atoms with Gasteiger partial charge in [-0.1, -0.05) is 36.4 Å². The summed E-state index contributed by atoms with van der Waals surface area (Å²) in [6.07, 6.45) is 1.42. The molecule has 0 spiro atoms. The second-order valence-corrected chi connectivity index (χ2v) is 9.94. The molecule has 3 aromatic rings. The summed E-state index contributed by atoms with van der Waals surface area (Å²) in [7, 11) is 0. The number of nitrogens with one attached hydrogen (secondary N) is 1. The van der Waals surface area contributed by atoms with Crippen LogP contribution in [0.15, 0.2) is 59.7 Å². The van der Waals surface area contributed by atoms with Crippen LogP contribution in [0.5, 0.6) is 0 Å². The fourth-order valence-corrected chi connectivity index (χ4v) is 6.02. The van der Waals surface area contributed by atoms with Gasteiger partial charge in [-0.25, -0.2) is 4.79 Å². The molecule has 36 heavy (non-hydrogen) atoms. The van der Waals surface area contributed by atoms with Crippen molar-refractivity contribution in [1.82, 2.24) is 5.32 Å². The molecule has 0 atom stereocenters. The normalized spacial score (nSPS) is 17.3. The van der Waals surface area contributed by atoms with Crippen LogP contribution in [0.1, 0.15) is 56.8 Å². The van der Waals surface area contributed by atoms with Gasteiger partial charge in [0.25, 0.3) is 0 Å². The van der Waals surface area contributed by atoms with Gasteiger partial charge in [0, 0.05) is 54.9 Å². The Morgan fingerprint density at radius 3 is 1.78 bits per heavy atom. The number of carbonyl (C=O) groups is 4. The minimum atomic E-state index is -1.14. The molecule has 0 unspecified atom stereocenters. The van der Waals surface area contributed by atoms with Gasteiger partial charge in [-0.2, -0.15) is 0 Å². The van der Waals surface area contributed by atoms with Crippen LogP contribution in [-0.4, -0.2) is 35.6 Å². The Labute approximate surface area is 208 Å². The third kappa shape index (κ3) is 3.32. The molecule has 1 N–H and O–H groups in total. The maximum absolute atomic E-state index is 13.6. The molecule has 0 aromatic heterocycles. The second-order valence-electron chi connectivity index (χ2n) is 9.94. The van der Waals surface area contributed by atoms with E-state index in [1.165, 1.54) is 6.92 Å². The Balaban J connectivity index is 1.37. The van der Waals surface area contributed by atoms with Crippen molar-refractivity contribution in [3.05, 3.63) is 93.1 Å². The summed E-state index contributed by atoms with van der Waals surface area (Å²) in [6, 6.07) is 15.5. The minimum Gasteiger partial charge on any atom is -0.464 e. The zero-order valence-corrected chi connectivity index (χ0v) is 20.2. The molecular formula is C30H25NO5. The average molecular weight is 480 g/mol. The van der Waals surface area contributed by atoms with Crippen LogP contribution in [0.2, 0.25) is 0 Å². The molecule has 0 saturated carbocycles. The second kappa shape index (κ2) is 7.98. The number of esters is 1. The number of benzene rings is 3. The molecule has 0 heterocycles. The molecule has 0 aliphatic heterocycles. The van der Waals surface area contributed by atoms with Crippen LogP contribution in [0.3, 0.4) is 0 Å². The highest BCUT2D eigenvalue weighted by Gasteiger charge is 2.47. The third-order valence-electron chi connectivity index (χ3n) is 7.61. The van der Waals surface area contributed by atoms with Crippen molar-refractivity contribution >= 4 is 34.2 Å². The molecule has 0 radical (unpaired) electrons. The van der Waals surface area contributed by atoms with E-state index in [9.17, 15) is 19.2 Å². The molecule has 180 valence electrons. The molecule has 0 bridgehead atoms. The summed E-state index contributed by atoms with van der Waals surface area (Å²) < 4.78 is 5.31. The molecule has 6 rings (SSSR count). The number of hydrogen-bond acceptors (Lipinski definition) is 5. The average Bonchev–Trinajstić information content (AvgIpc) is 3.21. The van der Waals surface area contributed by atoms with E-state index in [2.05, 4.69) is 5.32 Å². The Morgan fingerprint density at radius 1 is 0.833 bits per heavy atom. The van der Waals surface area contributed by atoms with Gasteiger partial charge in [0.05, 0.1) is 6.61 Å². The molecule has 0 fully saturated rings. The number of hydrogen-bond donors (Lipinski definition) is 1. The summed E-state index contributed by atoms with van der Waals surface area (Å²) in [5.41, 5.74) is 4.81. The van der Waals surface area contributed by atoms with Crippen LogP contribution < -0.4 is 5.32 Å². The lowest BCUT2D eigenvalue weighted by atomic mass is 9.74. The van der Waals surface area contributed by atoms with Crippen molar-refractivity contribution in [2.45, 2.75) is 45.1 Å². The smallest absolute Gasteiger partial charge is 0.332 e. The van der Waals surface area contributed by atoms with Gasteiger partial charge in [0.2, 0.25) is 5.91 Å². The van der Waals surface area contributed by atoms with Gasteiger partial charge in [-0.05, 0) is 52.1 Å². The first kappa shape index (κ1) is 22.4. The molecule has 0 saturated heterocycles. The third-order valence-corrected chi connectivity index (χ3v) is 7.61. The topological polar surface area (TPSA) is 89.5 Å². The summed E-state index contributed by atoms with van der Waals surface area (Å²) in [6.45, 7) is 3.36. The van der Waals surface area contributed by atoms with E-state index in [4.69, 9.17) is 4.74 Å². The summed E-state index contributed by atoms with van der Waals surface area (Å²) in [5.74, 6) is -0.912. The fraction of sp³-hybridized carbons (Fsp3) is 0.267. The summed E-state index contributed by atoms with van der Waals surface area (Å²) >= 11 is 0. The Kier molecular flexibility index (Phi) is 4.97. The lowest BCUT2D eigenvalue weighted by Crippen LogP contribution is -2.55. The van der Waals surface area contributed by atoms with Crippen LogP contribution in [0, 0.1) is 0 Å². The highest BCUT2D eigenvalue weighted by molar-refractivity contribution is 6.28. The van der Waals surface area contributed by atoms with Gasteiger partial charge in [0.15, 0.2) is 11.6 Å². The number of ketones is 2. The van der Waals surface area contributed by atoms with Gasteiger partial charge in [-0.15, -0.1) is 0 Å². The highest BCUT2D eigenvalue weighted by Crippen LogP contribution is 2.40. The van der Waals surface area contributed by atoms with Crippen molar-refractivity contribution in [2.24, 2.45) is 0 Å². The van der Waals surface area contributed by atoms with E-state index in [1.807, 2.05) is 48.5 Å². The predicted octanol–water partition coefficient (Wildman–Crippen LogP) is 3.85. The van der Waals surface area contributed by atoms with Crippen molar-refractivity contribution in [1.29, 1.82) is 0 Å². The number of rotatable bonds is 3. The van der Waals surface area contributed by atoms with Crippen LogP contribution >= 0.6 is 0 Å². The highest BCUT2D eigenvalue weighted by atomic mass is 16.5. The number of amides is 1. The number of carbonyl (C=O) groups excluding carboxylic acids is 4. The molecule has 3 aliphatic rings. The molecule has 6 heteroatoms. The fourth-order valence-electron chi connectivity index (χ4n) is 6.02. The van der Waals surface area contributed by atoms with Gasteiger partial charge >= 0.3 is 5.97 Å². The summed E-state index contributed by atoms with van der Waals surface area (Å²) in [5, 5.41) is 4.70. The van der Waals surface area contributed by atoms with E-state index in [0.717, 1.165) is 33.0 Å². The first-order valence-electron chi connectivity index (χ1n) is 12.2. The van der Waals surface area contributed by atoms with Gasteiger partial charge < -0.3 is 10.1 Å². The van der Waals surface area contributed by atoms with E-state index in [1.54, 1.807) is 6.92 Å². The van der Waals surface area contributed by atoms with E-state index >= 15 is 0 Å². The van der Waals surface area contributed by atoms with Gasteiger partial charge in [0.1, 0.15) is 5.54 Å². The largest absolute Gasteiger partial charge is 0.464 e. The van der Waals surface area contributed by atoms with E-state index in [-0.39, 0.29) is 24.1 Å². The molecule has 1 amide bonds. The maximum Gasteiger partial charge on any atom is 0.332 e. The van der Waals surface area contributed by atoms with Crippen molar-refractivity contribution in [3.63, 3.8) is 0 Å². The SMILES string of the molecule is CCOC(=O)C1(NC(C)=O)Cc2cc3c(cc2C1)CC1=C(C3)C(=O)c2cc3ccccc3cc2C1=O. The first-order valence-corrected chi connectivity index (χ1v) is 12.2. The van der Waals surface area contributed by atoms with E-state index < -0.39 is 11.5 Å². The number of ether oxygens (including phenoxy) is 1. The van der Waals surface area contributed by atoms with Crippen molar-refractivity contribution < 1.29 is 23.9 Å². The number of fused-ring (bicyclic) bond motifs is 4. The monoisotopic (exact) mass is 479 g/mol. The number of allylic oxidation sites excluding steroid dienone is 2. The Morgan fingerprint density at radius 2 is 1.33 bits per heavy atom. The first-order chi connectivity index (χ1) is 17.3. The van der Waals surface area contributed by atoms with Crippen LogP contribution in [-0.2, 0) is 40.0 Å². The predicted molar refractivity (Wildman–Crippen MR) is 134 cm³/mol. The molecule has 3 aromatic carbocycles. The minimum absolute atomic E-state index is 0.0874. The Hall–Kier alpha value is -4.06. The van der Waals surface area contributed by atoms with E-state index in [0.29, 0.717) is 48.0 Å². The number of Topliss-reactive ketones (excluding diaryl/α,β-unsaturated/α-hetero) is 2. The maximum atomic E-state index is 13.6. The zero-order chi connectivity index (χ0) is 25.2. The zero-order valence-electron chi connectivity index (χ0n) is 20.2. The van der Waals surface area contributed by atoms with Crippen molar-refractivity contribution in [3.8, 4) is 0 Å². The quantitative estimate of drug-likeness (QED) is 0.577. The van der Waals surface area contributed by atoms with Crippen LogP contribution in [0.25, 0.3) is 10.8 Å². The van der Waals surface area contributed by atoms with Crippen molar-refractivity contribution in [2.75, 3.05) is 6.61 Å².